The van der Waals surface area contributed by atoms with Gasteiger partial charge >= 0.3 is 0 Å². The van der Waals surface area contributed by atoms with Gasteiger partial charge in [0.2, 0.25) is 15.9 Å². The summed E-state index contributed by atoms with van der Waals surface area (Å²) >= 11 is 6.26. The van der Waals surface area contributed by atoms with Crippen LogP contribution in [0.2, 0.25) is 5.02 Å². The number of halogens is 1. The van der Waals surface area contributed by atoms with E-state index in [1.54, 1.807) is 53.4 Å². The SMILES string of the molecule is C[C@@]12C[C@@H](NS(=O)(=O)c3ccccc3)[C@]3(CCO[C@H]4[C@@H]3[C@@H]1C(=O)N4c1ccc(C#N)c(Cl)c1)O2. The first kappa shape index (κ1) is 22.0. The molecule has 1 amide bonds. The predicted octanol–water partition coefficient (Wildman–Crippen LogP) is 2.82. The topological polar surface area (TPSA) is 109 Å². The van der Waals surface area contributed by atoms with E-state index in [1.807, 2.05) is 13.0 Å². The maximum atomic E-state index is 13.7. The van der Waals surface area contributed by atoms with Gasteiger partial charge in [0.25, 0.3) is 0 Å². The van der Waals surface area contributed by atoms with Crippen molar-refractivity contribution in [2.24, 2.45) is 11.8 Å². The number of sulfonamides is 1. The minimum atomic E-state index is -3.77. The van der Waals surface area contributed by atoms with Gasteiger partial charge in [-0.15, -0.1) is 0 Å². The van der Waals surface area contributed by atoms with Crippen molar-refractivity contribution >= 4 is 33.2 Å². The van der Waals surface area contributed by atoms with Crippen molar-refractivity contribution in [1.29, 1.82) is 5.26 Å². The van der Waals surface area contributed by atoms with E-state index in [4.69, 9.17) is 21.1 Å². The van der Waals surface area contributed by atoms with E-state index in [-0.39, 0.29) is 21.7 Å². The lowest BCUT2D eigenvalue weighted by Gasteiger charge is -2.45. The highest BCUT2D eigenvalue weighted by atomic mass is 35.5. The van der Waals surface area contributed by atoms with Crippen LogP contribution in [0.1, 0.15) is 25.3 Å². The van der Waals surface area contributed by atoms with E-state index in [0.29, 0.717) is 30.7 Å². The summed E-state index contributed by atoms with van der Waals surface area (Å²) in [5.74, 6) is -0.943. The first-order chi connectivity index (χ1) is 16.2. The summed E-state index contributed by atoms with van der Waals surface area (Å²) in [6, 6.07) is 14.7. The third-order valence-electron chi connectivity index (χ3n) is 7.75. The number of fused-ring (bicyclic) bond motifs is 2. The second-order valence-electron chi connectivity index (χ2n) is 9.56. The molecular weight excluding hydrogens is 478 g/mol. The van der Waals surface area contributed by atoms with Crippen LogP contribution in [0.25, 0.3) is 0 Å². The summed E-state index contributed by atoms with van der Waals surface area (Å²) < 4.78 is 41.9. The van der Waals surface area contributed by atoms with E-state index >= 15 is 0 Å². The van der Waals surface area contributed by atoms with E-state index < -0.39 is 39.4 Å². The molecule has 1 spiro atoms. The average molecular weight is 500 g/mol. The minimum absolute atomic E-state index is 0.133. The number of benzene rings is 2. The summed E-state index contributed by atoms with van der Waals surface area (Å²) in [6.45, 7) is 2.21. The molecule has 4 heterocycles. The minimum Gasteiger partial charge on any atom is -0.366 e. The molecular formula is C24H22ClN3O5S. The van der Waals surface area contributed by atoms with E-state index in [1.165, 1.54) is 0 Å². The summed E-state index contributed by atoms with van der Waals surface area (Å²) in [7, 11) is -3.77. The summed E-state index contributed by atoms with van der Waals surface area (Å²) in [5, 5.41) is 9.46. The number of nitrogens with zero attached hydrogens (tertiary/aromatic N) is 2. The monoisotopic (exact) mass is 499 g/mol. The molecule has 2 aromatic carbocycles. The fourth-order valence-corrected chi connectivity index (χ4v) is 7.98. The fraction of sp³-hybridized carbons (Fsp3) is 0.417. The molecule has 6 atom stereocenters. The lowest BCUT2D eigenvalue weighted by Crippen LogP contribution is -2.61. The third kappa shape index (κ3) is 2.87. The lowest BCUT2D eigenvalue weighted by molar-refractivity contribution is -0.143. The van der Waals surface area contributed by atoms with Crippen molar-refractivity contribution in [2.45, 2.75) is 48.1 Å². The molecule has 34 heavy (non-hydrogen) atoms. The molecule has 176 valence electrons. The van der Waals surface area contributed by atoms with Crippen LogP contribution >= 0.6 is 11.6 Å². The zero-order valence-electron chi connectivity index (χ0n) is 18.3. The fourth-order valence-electron chi connectivity index (χ4n) is 6.46. The number of ether oxygens (including phenoxy) is 2. The predicted molar refractivity (Wildman–Crippen MR) is 122 cm³/mol. The normalized spacial score (nSPS) is 35.9. The maximum Gasteiger partial charge on any atom is 0.240 e. The zero-order chi connectivity index (χ0) is 23.9. The van der Waals surface area contributed by atoms with Crippen molar-refractivity contribution in [2.75, 3.05) is 11.5 Å². The molecule has 8 nitrogen and oxygen atoms in total. The van der Waals surface area contributed by atoms with Crippen LogP contribution in [0.5, 0.6) is 0 Å². The molecule has 2 aromatic rings. The largest absolute Gasteiger partial charge is 0.366 e. The Morgan fingerprint density at radius 1 is 1.24 bits per heavy atom. The van der Waals surface area contributed by atoms with Crippen molar-refractivity contribution in [3.63, 3.8) is 0 Å². The Labute approximate surface area is 202 Å². The molecule has 0 unspecified atom stereocenters. The van der Waals surface area contributed by atoms with Crippen LogP contribution in [-0.2, 0) is 24.3 Å². The number of anilines is 1. The Balaban J connectivity index is 1.38. The summed E-state index contributed by atoms with van der Waals surface area (Å²) in [5.41, 5.74) is -0.813. The number of hydrogen-bond acceptors (Lipinski definition) is 6. The first-order valence-corrected chi connectivity index (χ1v) is 13.0. The molecule has 4 aliphatic heterocycles. The van der Waals surface area contributed by atoms with Crippen LogP contribution in [0, 0.1) is 23.2 Å². The maximum absolute atomic E-state index is 13.7. The van der Waals surface area contributed by atoms with Gasteiger partial charge < -0.3 is 9.47 Å². The van der Waals surface area contributed by atoms with Gasteiger partial charge in [-0.2, -0.15) is 5.26 Å². The first-order valence-electron chi connectivity index (χ1n) is 11.1. The molecule has 2 bridgehead atoms. The van der Waals surface area contributed by atoms with Crippen molar-refractivity contribution in [1.82, 2.24) is 4.72 Å². The lowest BCUT2D eigenvalue weighted by atomic mass is 9.64. The van der Waals surface area contributed by atoms with Crippen LogP contribution in [-0.4, -0.2) is 44.4 Å². The number of carbonyl (C=O) groups is 1. The smallest absolute Gasteiger partial charge is 0.240 e. The third-order valence-corrected chi connectivity index (χ3v) is 9.55. The number of nitriles is 1. The average Bonchev–Trinajstić information content (AvgIpc) is 3.37. The molecule has 0 aliphatic carbocycles. The van der Waals surface area contributed by atoms with Gasteiger partial charge in [0.15, 0.2) is 0 Å². The highest BCUT2D eigenvalue weighted by molar-refractivity contribution is 7.89. The Morgan fingerprint density at radius 2 is 2.00 bits per heavy atom. The van der Waals surface area contributed by atoms with Gasteiger partial charge in [-0.3, -0.25) is 9.69 Å². The zero-order valence-corrected chi connectivity index (χ0v) is 19.8. The summed E-state index contributed by atoms with van der Waals surface area (Å²) in [4.78, 5) is 15.5. The standard InChI is InChI=1S/C24H22ClN3O5S/c1-23-12-18(27-34(30,31)16-5-3-2-4-6-16)24(33-23)9-10-32-22-20(24)19(23)21(29)28(22)15-8-7-14(13-26)17(25)11-15/h2-8,11,18-20,22,27H,9-10,12H2,1H3/t18-,19-,20+,22+,23-,24+/m1/s1. The van der Waals surface area contributed by atoms with Gasteiger partial charge in [-0.05, 0) is 43.7 Å². The van der Waals surface area contributed by atoms with Crippen LogP contribution in [0.3, 0.4) is 0 Å². The molecule has 1 N–H and O–H groups in total. The molecule has 6 rings (SSSR count). The highest BCUT2D eigenvalue weighted by Gasteiger charge is 2.78. The number of rotatable bonds is 4. The quantitative estimate of drug-likeness (QED) is 0.693. The van der Waals surface area contributed by atoms with Crippen LogP contribution < -0.4 is 9.62 Å². The van der Waals surface area contributed by atoms with E-state index in [9.17, 15) is 18.5 Å². The van der Waals surface area contributed by atoms with Crippen molar-refractivity contribution in [3.05, 3.63) is 59.1 Å². The van der Waals surface area contributed by atoms with Crippen LogP contribution in [0.4, 0.5) is 5.69 Å². The van der Waals surface area contributed by atoms with Gasteiger partial charge in [0.05, 0.1) is 45.3 Å². The Hall–Kier alpha value is -2.48. The van der Waals surface area contributed by atoms with Gasteiger partial charge in [0.1, 0.15) is 12.3 Å². The van der Waals surface area contributed by atoms with Gasteiger partial charge in [-0.25, -0.2) is 13.1 Å². The second kappa shape index (κ2) is 7.26. The number of amides is 1. The molecule has 4 aliphatic rings. The molecule has 0 saturated carbocycles. The number of carbonyl (C=O) groups excluding carboxylic acids is 1. The Morgan fingerprint density at radius 3 is 2.71 bits per heavy atom. The molecule has 10 heteroatoms. The van der Waals surface area contributed by atoms with Gasteiger partial charge in [-0.1, -0.05) is 29.8 Å². The Bertz CT molecular complexity index is 1350. The summed E-state index contributed by atoms with van der Waals surface area (Å²) in [6.07, 6.45) is 0.263. The van der Waals surface area contributed by atoms with Crippen molar-refractivity contribution < 1.29 is 22.7 Å². The van der Waals surface area contributed by atoms with Crippen molar-refractivity contribution in [3.8, 4) is 6.07 Å². The highest BCUT2D eigenvalue weighted by Crippen LogP contribution is 2.65. The number of nitrogens with one attached hydrogen (secondary N) is 1. The second-order valence-corrected chi connectivity index (χ2v) is 11.7. The van der Waals surface area contributed by atoms with E-state index in [0.717, 1.165) is 0 Å². The van der Waals surface area contributed by atoms with Gasteiger partial charge in [0, 0.05) is 18.0 Å². The van der Waals surface area contributed by atoms with Crippen LogP contribution in [0.15, 0.2) is 53.4 Å². The molecule has 4 saturated heterocycles. The molecule has 4 fully saturated rings. The Kier molecular flexibility index (Phi) is 4.70. The molecule has 0 radical (unpaired) electrons. The number of hydrogen-bond donors (Lipinski definition) is 1. The molecule has 0 aromatic heterocycles. The van der Waals surface area contributed by atoms with E-state index in [2.05, 4.69) is 4.72 Å².